The maximum Gasteiger partial charge on any atom is 0.343 e. The number of nitrogens with one attached hydrogen (secondary N) is 2. The molecule has 0 saturated carbocycles. The van der Waals surface area contributed by atoms with Gasteiger partial charge in [-0.15, -0.1) is 0 Å². The van der Waals surface area contributed by atoms with Gasteiger partial charge in [-0.1, -0.05) is 80.5 Å². The number of amides is 1. The van der Waals surface area contributed by atoms with Crippen LogP contribution >= 0.6 is 62.3 Å². The molecule has 0 aliphatic carbocycles. The second-order valence-electron chi connectivity index (χ2n) is 8.44. The average Bonchev–Trinajstić information content (AvgIpc) is 3.30. The number of ether oxygens (including phenoxy) is 1. The predicted molar refractivity (Wildman–Crippen MR) is 164 cm³/mol. The number of hydrogen-bond donors (Lipinski definition) is 2. The first-order valence-electron chi connectivity index (χ1n) is 11.6. The summed E-state index contributed by atoms with van der Waals surface area (Å²) in [7, 11) is 0. The smallest absolute Gasteiger partial charge is 0.343 e. The zero-order valence-electron chi connectivity index (χ0n) is 20.1. The summed E-state index contributed by atoms with van der Waals surface area (Å²) in [6.45, 7) is 0. The average molecular weight is 676 g/mol. The van der Waals surface area contributed by atoms with Crippen molar-refractivity contribution in [1.29, 1.82) is 0 Å². The summed E-state index contributed by atoms with van der Waals surface area (Å²) in [4.78, 5) is 29.1. The van der Waals surface area contributed by atoms with Crippen molar-refractivity contribution in [3.8, 4) is 16.9 Å². The van der Waals surface area contributed by atoms with Gasteiger partial charge in [0.15, 0.2) is 0 Å². The number of halogens is 5. The monoisotopic (exact) mass is 673 g/mol. The molecule has 4 aromatic carbocycles. The molecule has 2 N–H and O–H groups in total. The molecule has 0 radical (unpaired) electrons. The Labute approximate surface area is 257 Å². The van der Waals surface area contributed by atoms with Gasteiger partial charge in [0.25, 0.3) is 5.91 Å². The predicted octanol–water partition coefficient (Wildman–Crippen LogP) is 9.19. The summed E-state index contributed by atoms with van der Waals surface area (Å²) >= 11 is 28.5. The van der Waals surface area contributed by atoms with Crippen LogP contribution in [0.25, 0.3) is 22.0 Å². The van der Waals surface area contributed by atoms with Crippen molar-refractivity contribution in [2.24, 2.45) is 5.10 Å². The van der Waals surface area contributed by atoms with Crippen LogP contribution in [-0.2, 0) is 0 Å². The van der Waals surface area contributed by atoms with E-state index < -0.39 is 11.9 Å². The minimum Gasteiger partial charge on any atom is -0.422 e. The molecule has 200 valence electrons. The summed E-state index contributed by atoms with van der Waals surface area (Å²) in [5.74, 6) is -0.884. The first-order chi connectivity index (χ1) is 19.2. The van der Waals surface area contributed by atoms with Gasteiger partial charge in [0, 0.05) is 47.1 Å². The molecule has 0 aliphatic rings. The lowest BCUT2D eigenvalue weighted by Gasteiger charge is -2.09. The Morgan fingerprint density at radius 1 is 0.875 bits per heavy atom. The third-order valence-corrected chi connectivity index (χ3v) is 7.40. The number of aromatic nitrogens is 1. The fourth-order valence-electron chi connectivity index (χ4n) is 4.03. The van der Waals surface area contributed by atoms with E-state index >= 15 is 0 Å². The maximum absolute atomic E-state index is 13.4. The number of nitrogens with zero attached hydrogens (tertiary/aromatic N) is 1. The summed E-state index contributed by atoms with van der Waals surface area (Å²) < 4.78 is 6.29. The van der Waals surface area contributed by atoms with Gasteiger partial charge in [-0.3, -0.25) is 4.79 Å². The zero-order chi connectivity index (χ0) is 28.4. The molecule has 1 amide bonds. The molecule has 0 saturated heterocycles. The van der Waals surface area contributed by atoms with Gasteiger partial charge in [-0.25, -0.2) is 10.2 Å². The van der Waals surface area contributed by atoms with E-state index in [-0.39, 0.29) is 11.4 Å². The molecule has 0 fully saturated rings. The Morgan fingerprint density at radius 3 is 2.38 bits per heavy atom. The number of benzene rings is 4. The van der Waals surface area contributed by atoms with Crippen LogP contribution in [0.4, 0.5) is 0 Å². The third-order valence-electron chi connectivity index (χ3n) is 5.81. The lowest BCUT2D eigenvalue weighted by molar-refractivity contribution is 0.0734. The summed E-state index contributed by atoms with van der Waals surface area (Å²) in [5.41, 5.74) is 5.15. The standard InChI is InChI=1S/C29H16BrCl4N3O3/c30-17-7-10-24(40-29(39)15-5-8-18(31)9-6-15)16(11-17)14-35-37-28(38)27-25(20-3-1-2-4-21(20)33)26-22(34)12-19(32)13-23(26)36-27/h1-14,36H,(H,37,38). The van der Waals surface area contributed by atoms with E-state index in [9.17, 15) is 9.59 Å². The minimum absolute atomic E-state index is 0.188. The number of aromatic amines is 1. The van der Waals surface area contributed by atoms with Gasteiger partial charge in [-0.05, 0) is 60.7 Å². The van der Waals surface area contributed by atoms with E-state index in [0.717, 1.165) is 4.47 Å². The lowest BCUT2D eigenvalue weighted by atomic mass is 10.0. The van der Waals surface area contributed by atoms with E-state index in [1.165, 1.54) is 6.21 Å². The van der Waals surface area contributed by atoms with Crippen LogP contribution in [0.3, 0.4) is 0 Å². The van der Waals surface area contributed by atoms with Gasteiger partial charge in [-0.2, -0.15) is 5.10 Å². The molecule has 1 aromatic heterocycles. The number of H-pyrrole nitrogens is 1. The highest BCUT2D eigenvalue weighted by atomic mass is 79.9. The number of rotatable bonds is 6. The normalized spacial score (nSPS) is 11.2. The van der Waals surface area contributed by atoms with Crippen molar-refractivity contribution in [3.63, 3.8) is 0 Å². The molecule has 40 heavy (non-hydrogen) atoms. The number of carbonyl (C=O) groups is 2. The molecule has 0 aliphatic heterocycles. The molecule has 6 nitrogen and oxygen atoms in total. The van der Waals surface area contributed by atoms with Gasteiger partial charge in [0.1, 0.15) is 11.4 Å². The highest BCUT2D eigenvalue weighted by molar-refractivity contribution is 9.10. The van der Waals surface area contributed by atoms with E-state index in [4.69, 9.17) is 51.1 Å². The molecule has 5 aromatic rings. The molecule has 0 spiro atoms. The van der Waals surface area contributed by atoms with Crippen LogP contribution in [0.5, 0.6) is 5.75 Å². The third kappa shape index (κ3) is 6.04. The Balaban J connectivity index is 1.45. The van der Waals surface area contributed by atoms with Crippen molar-refractivity contribution >= 4 is 91.3 Å². The second kappa shape index (κ2) is 12.0. The Bertz CT molecular complexity index is 1800. The van der Waals surface area contributed by atoms with Gasteiger partial charge in [0.05, 0.1) is 16.8 Å². The van der Waals surface area contributed by atoms with E-state index in [1.807, 2.05) is 6.07 Å². The van der Waals surface area contributed by atoms with Crippen molar-refractivity contribution in [1.82, 2.24) is 10.4 Å². The van der Waals surface area contributed by atoms with Crippen molar-refractivity contribution in [2.45, 2.75) is 0 Å². The van der Waals surface area contributed by atoms with Crippen LogP contribution in [0.15, 0.2) is 88.4 Å². The molecule has 11 heteroatoms. The van der Waals surface area contributed by atoms with E-state index in [1.54, 1.807) is 72.8 Å². The van der Waals surface area contributed by atoms with Crippen LogP contribution in [0.1, 0.15) is 26.4 Å². The molecular formula is C29H16BrCl4N3O3. The minimum atomic E-state index is -0.573. The van der Waals surface area contributed by atoms with Crippen LogP contribution < -0.4 is 10.2 Å². The molecule has 1 heterocycles. The quantitative estimate of drug-likeness (QED) is 0.0815. The summed E-state index contributed by atoms with van der Waals surface area (Å²) in [6.07, 6.45) is 1.37. The lowest BCUT2D eigenvalue weighted by Crippen LogP contribution is -2.19. The molecule has 0 bridgehead atoms. The number of esters is 1. The van der Waals surface area contributed by atoms with Crippen LogP contribution in [0.2, 0.25) is 20.1 Å². The van der Waals surface area contributed by atoms with Crippen molar-refractivity contribution in [2.75, 3.05) is 0 Å². The number of carbonyl (C=O) groups excluding carboxylic acids is 2. The molecule has 0 atom stereocenters. The van der Waals surface area contributed by atoms with Crippen LogP contribution in [0, 0.1) is 0 Å². The van der Waals surface area contributed by atoms with Gasteiger partial charge >= 0.3 is 5.97 Å². The highest BCUT2D eigenvalue weighted by Gasteiger charge is 2.23. The SMILES string of the molecule is O=C(Oc1ccc(Br)cc1C=NNC(=O)c1[nH]c2cc(Cl)cc(Cl)c2c1-c1ccccc1Cl)c1ccc(Cl)cc1. The van der Waals surface area contributed by atoms with Crippen LogP contribution in [-0.4, -0.2) is 23.1 Å². The molecular weight excluding hydrogens is 660 g/mol. The molecule has 5 rings (SSSR count). The van der Waals surface area contributed by atoms with Gasteiger partial charge < -0.3 is 9.72 Å². The second-order valence-corrected chi connectivity index (χ2v) is 11.0. The van der Waals surface area contributed by atoms with Gasteiger partial charge in [0.2, 0.25) is 0 Å². The fraction of sp³-hybridized carbons (Fsp3) is 0. The topological polar surface area (TPSA) is 83.5 Å². The Morgan fingerprint density at radius 2 is 1.62 bits per heavy atom. The van der Waals surface area contributed by atoms with E-state index in [2.05, 4.69) is 31.4 Å². The van der Waals surface area contributed by atoms with Crippen molar-refractivity contribution in [3.05, 3.63) is 120 Å². The molecule has 0 unspecified atom stereocenters. The number of fused-ring (bicyclic) bond motifs is 1. The Kier molecular flexibility index (Phi) is 8.49. The van der Waals surface area contributed by atoms with E-state index in [0.29, 0.717) is 53.2 Å². The zero-order valence-corrected chi connectivity index (χ0v) is 24.8. The maximum atomic E-state index is 13.4. The number of hydrogen-bond acceptors (Lipinski definition) is 4. The largest absolute Gasteiger partial charge is 0.422 e. The number of hydrazone groups is 1. The van der Waals surface area contributed by atoms with Crippen molar-refractivity contribution < 1.29 is 14.3 Å². The summed E-state index contributed by atoms with van der Waals surface area (Å²) in [6, 6.07) is 21.7. The first kappa shape index (κ1) is 28.2. The Hall–Kier alpha value is -3.33. The summed E-state index contributed by atoms with van der Waals surface area (Å²) in [5, 5.41) is 6.41. The first-order valence-corrected chi connectivity index (χ1v) is 13.9. The highest BCUT2D eigenvalue weighted by Crippen LogP contribution is 2.41. The fourth-order valence-corrected chi connectivity index (χ4v) is 5.35.